The van der Waals surface area contributed by atoms with Crippen molar-refractivity contribution in [1.82, 2.24) is 0 Å². The number of para-hydroxylation sites is 1. The third-order valence-electron chi connectivity index (χ3n) is 5.25. The first-order valence-corrected chi connectivity index (χ1v) is 7.66. The zero-order valence-corrected chi connectivity index (χ0v) is 13.3. The Hall–Kier alpha value is -2.61. The van der Waals surface area contributed by atoms with Crippen molar-refractivity contribution in [2.24, 2.45) is 21.6 Å². The van der Waals surface area contributed by atoms with Crippen molar-refractivity contribution in [3.63, 3.8) is 0 Å². The van der Waals surface area contributed by atoms with Crippen LogP contribution in [0.25, 0.3) is 0 Å². The Balaban J connectivity index is 1.94. The molecule has 2 heterocycles. The number of hydrogen-bond acceptors (Lipinski definition) is 7. The van der Waals surface area contributed by atoms with Crippen molar-refractivity contribution in [1.29, 1.82) is 10.5 Å². The predicted octanol–water partition coefficient (Wildman–Crippen LogP) is 1.27. The third kappa shape index (κ3) is 1.32. The molecule has 0 unspecified atom stereocenters. The second-order valence-corrected chi connectivity index (χ2v) is 6.33. The summed E-state index contributed by atoms with van der Waals surface area (Å²) in [6.45, 7) is 2.12. The standard InChI is InChI=1S/C17H16N4O3/c1-10-7-23-17(24-10)16(9-19)13(15(16,8-18)14(20)21-17)11-5-3-4-6-12(11)22-2/h3-6,10,13H,7H2,1-2H3,(H2,20,21)/t10-,13+,15+,16+,17-/m0/s1. The molecule has 2 aliphatic heterocycles. The minimum Gasteiger partial charge on any atom is -0.496 e. The highest BCUT2D eigenvalue weighted by Gasteiger charge is 2.94. The van der Waals surface area contributed by atoms with Crippen LogP contribution in [0.3, 0.4) is 0 Å². The normalized spacial score (nSPS) is 42.1. The van der Waals surface area contributed by atoms with Gasteiger partial charge < -0.3 is 19.9 Å². The van der Waals surface area contributed by atoms with Gasteiger partial charge in [0.15, 0.2) is 5.41 Å². The number of hydrogen-bond donors (Lipinski definition) is 1. The van der Waals surface area contributed by atoms with Gasteiger partial charge in [-0.1, -0.05) is 18.2 Å². The Morgan fingerprint density at radius 1 is 1.33 bits per heavy atom. The molecule has 4 rings (SSSR count). The molecule has 1 spiro atoms. The maximum atomic E-state index is 10.1. The van der Waals surface area contributed by atoms with Crippen LogP contribution in [0.4, 0.5) is 0 Å². The summed E-state index contributed by atoms with van der Waals surface area (Å²) in [5.41, 5.74) is 4.25. The SMILES string of the molecule is COc1ccccc1[C@H]1[C@@]2(C#N)[C@]3(N=C(N)[C@@]12C#N)OC[C@H](C)O3. The van der Waals surface area contributed by atoms with Crippen molar-refractivity contribution in [3.05, 3.63) is 29.8 Å². The maximum absolute atomic E-state index is 10.1. The summed E-state index contributed by atoms with van der Waals surface area (Å²) < 4.78 is 17.1. The van der Waals surface area contributed by atoms with Gasteiger partial charge in [0.25, 0.3) is 5.91 Å². The van der Waals surface area contributed by atoms with Crippen LogP contribution in [0.1, 0.15) is 18.4 Å². The van der Waals surface area contributed by atoms with Crippen molar-refractivity contribution < 1.29 is 14.2 Å². The first-order chi connectivity index (χ1) is 11.5. The molecule has 122 valence electrons. The van der Waals surface area contributed by atoms with Crippen LogP contribution in [0.2, 0.25) is 0 Å². The van der Waals surface area contributed by atoms with E-state index in [0.717, 1.165) is 5.56 Å². The summed E-state index contributed by atoms with van der Waals surface area (Å²) in [4.78, 5) is 4.28. The van der Waals surface area contributed by atoms with Gasteiger partial charge in [0.1, 0.15) is 17.0 Å². The van der Waals surface area contributed by atoms with Gasteiger partial charge in [0, 0.05) is 11.5 Å². The highest BCUT2D eigenvalue weighted by molar-refractivity contribution is 6.00. The minimum atomic E-state index is -1.54. The summed E-state index contributed by atoms with van der Waals surface area (Å²) in [7, 11) is 1.55. The lowest BCUT2D eigenvalue weighted by Crippen LogP contribution is -2.39. The fourth-order valence-corrected chi connectivity index (χ4v) is 4.23. The third-order valence-corrected chi connectivity index (χ3v) is 5.25. The van der Waals surface area contributed by atoms with Crippen molar-refractivity contribution in [2.75, 3.05) is 13.7 Å². The van der Waals surface area contributed by atoms with Gasteiger partial charge in [0.2, 0.25) is 0 Å². The van der Waals surface area contributed by atoms with Gasteiger partial charge in [-0.15, -0.1) is 0 Å². The van der Waals surface area contributed by atoms with Crippen LogP contribution >= 0.6 is 0 Å². The Kier molecular flexibility index (Phi) is 2.79. The molecule has 2 N–H and O–H groups in total. The predicted molar refractivity (Wildman–Crippen MR) is 82.7 cm³/mol. The van der Waals surface area contributed by atoms with Gasteiger partial charge in [-0.05, 0) is 13.0 Å². The fraction of sp³-hybridized carbons (Fsp3) is 0.471. The molecule has 0 radical (unpaired) electrons. The molecule has 0 bridgehead atoms. The second kappa shape index (κ2) is 4.47. The van der Waals surface area contributed by atoms with Crippen molar-refractivity contribution >= 4 is 5.84 Å². The highest BCUT2D eigenvalue weighted by atomic mass is 16.8. The molecule has 1 aromatic rings. The largest absolute Gasteiger partial charge is 0.496 e. The molecule has 2 fully saturated rings. The number of aliphatic imine (C=N–C) groups is 1. The van der Waals surface area contributed by atoms with Crippen molar-refractivity contribution in [2.45, 2.75) is 24.9 Å². The lowest BCUT2D eigenvalue weighted by Gasteiger charge is -2.26. The summed E-state index contributed by atoms with van der Waals surface area (Å²) >= 11 is 0. The Labute approximate surface area is 139 Å². The molecule has 5 atom stereocenters. The van der Waals surface area contributed by atoms with E-state index in [2.05, 4.69) is 17.1 Å². The molecule has 0 aromatic heterocycles. The maximum Gasteiger partial charge on any atom is 0.293 e. The second-order valence-electron chi connectivity index (χ2n) is 6.33. The smallest absolute Gasteiger partial charge is 0.293 e. The van der Waals surface area contributed by atoms with E-state index < -0.39 is 22.7 Å². The average Bonchev–Trinajstić information content (AvgIpc) is 2.98. The number of benzene rings is 1. The van der Waals surface area contributed by atoms with Crippen LogP contribution in [0.15, 0.2) is 29.3 Å². The molecule has 7 nitrogen and oxygen atoms in total. The first kappa shape index (κ1) is 14.9. The fourth-order valence-electron chi connectivity index (χ4n) is 4.23. The number of nitriles is 2. The number of nitrogens with zero attached hydrogens (tertiary/aromatic N) is 3. The zero-order valence-electron chi connectivity index (χ0n) is 13.3. The van der Waals surface area contributed by atoms with E-state index in [1.807, 2.05) is 25.1 Å². The average molecular weight is 324 g/mol. The Morgan fingerprint density at radius 3 is 2.67 bits per heavy atom. The van der Waals surface area contributed by atoms with Gasteiger partial charge in [-0.3, -0.25) is 0 Å². The number of rotatable bonds is 2. The van der Waals surface area contributed by atoms with Crippen LogP contribution in [-0.4, -0.2) is 31.6 Å². The summed E-state index contributed by atoms with van der Waals surface area (Å²) in [5, 5.41) is 20.0. The number of fused-ring (bicyclic) bond motifs is 2. The molecular formula is C17H16N4O3. The molecular weight excluding hydrogens is 308 g/mol. The van der Waals surface area contributed by atoms with E-state index in [1.54, 1.807) is 13.2 Å². The zero-order chi connectivity index (χ0) is 17.2. The minimum absolute atomic E-state index is 0.0801. The number of nitrogens with two attached hydrogens (primary N) is 1. The number of ether oxygens (including phenoxy) is 3. The van der Waals surface area contributed by atoms with Gasteiger partial charge in [0.05, 0.1) is 32.0 Å². The highest BCUT2D eigenvalue weighted by Crippen LogP contribution is 2.83. The number of methoxy groups -OCH3 is 1. The Morgan fingerprint density at radius 2 is 2.08 bits per heavy atom. The molecule has 3 aliphatic rings. The van der Waals surface area contributed by atoms with Gasteiger partial charge in [-0.2, -0.15) is 10.5 Å². The summed E-state index contributed by atoms with van der Waals surface area (Å²) in [6, 6.07) is 11.8. The van der Waals surface area contributed by atoms with E-state index in [-0.39, 0.29) is 11.9 Å². The van der Waals surface area contributed by atoms with E-state index in [9.17, 15) is 10.5 Å². The van der Waals surface area contributed by atoms with E-state index >= 15 is 0 Å². The van der Waals surface area contributed by atoms with Crippen molar-refractivity contribution in [3.8, 4) is 17.9 Å². The quantitative estimate of drug-likeness (QED) is 0.876. The van der Waals surface area contributed by atoms with Crippen LogP contribution in [-0.2, 0) is 9.47 Å². The molecule has 0 amide bonds. The molecule has 1 saturated heterocycles. The van der Waals surface area contributed by atoms with Crippen LogP contribution in [0, 0.1) is 33.5 Å². The molecule has 7 heteroatoms. The molecule has 1 aromatic carbocycles. The van der Waals surface area contributed by atoms with Crippen LogP contribution in [0.5, 0.6) is 5.75 Å². The molecule has 24 heavy (non-hydrogen) atoms. The Bertz CT molecular complexity index is 841. The van der Waals surface area contributed by atoms with E-state index in [4.69, 9.17) is 19.9 Å². The lowest BCUT2D eigenvalue weighted by atomic mass is 9.93. The van der Waals surface area contributed by atoms with Crippen LogP contribution < -0.4 is 10.5 Å². The summed E-state index contributed by atoms with van der Waals surface area (Å²) in [6.07, 6.45) is -0.236. The summed E-state index contributed by atoms with van der Waals surface area (Å²) in [5.74, 6) is -1.39. The molecule has 1 aliphatic carbocycles. The van der Waals surface area contributed by atoms with Gasteiger partial charge >= 0.3 is 0 Å². The van der Waals surface area contributed by atoms with E-state index in [0.29, 0.717) is 12.4 Å². The number of amidine groups is 1. The lowest BCUT2D eigenvalue weighted by molar-refractivity contribution is -0.193. The topological polar surface area (TPSA) is 114 Å². The van der Waals surface area contributed by atoms with E-state index in [1.165, 1.54) is 0 Å². The van der Waals surface area contributed by atoms with Gasteiger partial charge in [-0.25, -0.2) is 4.99 Å². The first-order valence-electron chi connectivity index (χ1n) is 7.66. The monoisotopic (exact) mass is 324 g/mol. The molecule has 1 saturated carbocycles.